The number of methoxy groups -OCH3 is 1. The van der Waals surface area contributed by atoms with Crippen molar-refractivity contribution < 1.29 is 19.2 Å². The van der Waals surface area contributed by atoms with Crippen molar-refractivity contribution in [2.75, 3.05) is 12.4 Å². The lowest BCUT2D eigenvalue weighted by Gasteiger charge is -2.06. The third-order valence-electron chi connectivity index (χ3n) is 2.63. The molecular weight excluding hydrogens is 252 g/mol. The van der Waals surface area contributed by atoms with Gasteiger partial charge in [-0.1, -0.05) is 5.16 Å². The van der Waals surface area contributed by atoms with Crippen LogP contribution in [0.5, 0.6) is 0 Å². The fraction of sp³-hybridized carbons (Fsp3) is 0.455. The van der Waals surface area contributed by atoms with E-state index in [1.54, 1.807) is 14.0 Å². The molecule has 1 N–H and O–H groups in total. The molecule has 1 aromatic rings. The Balaban J connectivity index is 2.04. The van der Waals surface area contributed by atoms with E-state index in [0.717, 1.165) is 5.71 Å². The molecule has 0 saturated heterocycles. The number of anilines is 1. The van der Waals surface area contributed by atoms with Gasteiger partial charge in [0, 0.05) is 19.5 Å². The number of nitrogens with one attached hydrogen (secondary N) is 1. The molecule has 0 spiro atoms. The molecule has 1 unspecified atom stereocenters. The number of aromatic nitrogens is 2. The lowest BCUT2D eigenvalue weighted by molar-refractivity contribution is -0.125. The smallest absolute Gasteiger partial charge is 0.356 e. The minimum atomic E-state index is -0.649. The van der Waals surface area contributed by atoms with Crippen molar-refractivity contribution in [3.05, 3.63) is 11.8 Å². The van der Waals surface area contributed by atoms with Crippen LogP contribution in [-0.4, -0.2) is 40.6 Å². The zero-order chi connectivity index (χ0) is 14.0. The summed E-state index contributed by atoms with van der Waals surface area (Å²) in [7, 11) is 2.86. The summed E-state index contributed by atoms with van der Waals surface area (Å²) in [6.45, 7) is 1.78. The van der Waals surface area contributed by atoms with Gasteiger partial charge in [0.05, 0.1) is 12.8 Å². The van der Waals surface area contributed by atoms with E-state index in [0.29, 0.717) is 6.42 Å². The van der Waals surface area contributed by atoms with Gasteiger partial charge in [-0.15, -0.1) is 0 Å². The quantitative estimate of drug-likeness (QED) is 0.794. The molecule has 0 fully saturated rings. The number of hydrogen-bond donors (Lipinski definition) is 1. The Morgan fingerprint density at radius 3 is 2.89 bits per heavy atom. The largest absolute Gasteiger partial charge is 0.464 e. The van der Waals surface area contributed by atoms with Crippen molar-refractivity contribution >= 4 is 23.4 Å². The number of carbonyl (C=O) groups excluding carboxylic acids is 2. The first-order valence-corrected chi connectivity index (χ1v) is 5.63. The number of oxime groups is 1. The van der Waals surface area contributed by atoms with Gasteiger partial charge in [-0.2, -0.15) is 5.10 Å². The van der Waals surface area contributed by atoms with Crippen molar-refractivity contribution in [1.29, 1.82) is 0 Å². The highest BCUT2D eigenvalue weighted by atomic mass is 16.6. The minimum Gasteiger partial charge on any atom is -0.464 e. The number of carbonyl (C=O) groups is 2. The second-order valence-electron chi connectivity index (χ2n) is 4.14. The maximum absolute atomic E-state index is 11.8. The van der Waals surface area contributed by atoms with Crippen molar-refractivity contribution in [3.63, 3.8) is 0 Å². The van der Waals surface area contributed by atoms with Crippen LogP contribution in [0, 0.1) is 0 Å². The normalized spacial score (nSPS) is 17.6. The number of hydrogen-bond acceptors (Lipinski definition) is 6. The molecule has 0 radical (unpaired) electrons. The van der Waals surface area contributed by atoms with E-state index in [-0.39, 0.29) is 17.4 Å². The monoisotopic (exact) mass is 266 g/mol. The maximum atomic E-state index is 11.8. The van der Waals surface area contributed by atoms with Gasteiger partial charge in [-0.3, -0.25) is 9.48 Å². The van der Waals surface area contributed by atoms with Gasteiger partial charge in [0.1, 0.15) is 5.69 Å². The van der Waals surface area contributed by atoms with Crippen molar-refractivity contribution in [1.82, 2.24) is 9.78 Å². The predicted octanol–water partition coefficient (Wildman–Crippen LogP) is 0.310. The highest BCUT2D eigenvalue weighted by Crippen LogP contribution is 2.14. The molecule has 8 nitrogen and oxygen atoms in total. The van der Waals surface area contributed by atoms with Gasteiger partial charge in [0.15, 0.2) is 5.82 Å². The molecule has 1 amide bonds. The summed E-state index contributed by atoms with van der Waals surface area (Å²) < 4.78 is 5.93. The van der Waals surface area contributed by atoms with E-state index in [1.165, 1.54) is 17.9 Å². The molecule has 2 rings (SSSR count). The first kappa shape index (κ1) is 13.1. The fourth-order valence-corrected chi connectivity index (χ4v) is 1.67. The molecule has 102 valence electrons. The second-order valence-corrected chi connectivity index (χ2v) is 4.14. The van der Waals surface area contributed by atoms with E-state index >= 15 is 0 Å². The van der Waals surface area contributed by atoms with Crippen LogP contribution in [0.15, 0.2) is 11.2 Å². The van der Waals surface area contributed by atoms with E-state index < -0.39 is 12.1 Å². The molecule has 2 heterocycles. The number of ether oxygens (including phenoxy) is 1. The molecule has 0 saturated carbocycles. The first-order valence-electron chi connectivity index (χ1n) is 5.63. The third kappa shape index (κ3) is 2.72. The zero-order valence-electron chi connectivity index (χ0n) is 10.8. The Labute approximate surface area is 109 Å². The SMILES string of the molecule is COC(=O)c1cc(NC(=O)C2CC(C)=NO2)nn1C. The van der Waals surface area contributed by atoms with Crippen molar-refractivity contribution in [2.45, 2.75) is 19.4 Å². The summed E-state index contributed by atoms with van der Waals surface area (Å²) in [5.74, 6) is -0.608. The Morgan fingerprint density at radius 1 is 1.58 bits per heavy atom. The number of amides is 1. The summed E-state index contributed by atoms with van der Waals surface area (Å²) in [5, 5.41) is 10.3. The van der Waals surface area contributed by atoms with Crippen LogP contribution in [-0.2, 0) is 21.4 Å². The zero-order valence-corrected chi connectivity index (χ0v) is 10.8. The lowest BCUT2D eigenvalue weighted by atomic mass is 10.2. The summed E-state index contributed by atoms with van der Waals surface area (Å²) in [4.78, 5) is 28.2. The second kappa shape index (κ2) is 5.09. The highest BCUT2D eigenvalue weighted by molar-refractivity contribution is 5.99. The highest BCUT2D eigenvalue weighted by Gasteiger charge is 2.27. The molecule has 1 atom stereocenters. The van der Waals surface area contributed by atoms with Crippen LogP contribution in [0.3, 0.4) is 0 Å². The van der Waals surface area contributed by atoms with E-state index in [9.17, 15) is 9.59 Å². The number of nitrogens with zero attached hydrogens (tertiary/aromatic N) is 3. The Kier molecular flexibility index (Phi) is 3.50. The number of aryl methyl sites for hydroxylation is 1. The Hall–Kier alpha value is -2.38. The van der Waals surface area contributed by atoms with E-state index in [2.05, 4.69) is 20.3 Å². The molecule has 1 aliphatic heterocycles. The lowest BCUT2D eigenvalue weighted by Crippen LogP contribution is -2.27. The summed E-state index contributed by atoms with van der Waals surface area (Å²) >= 11 is 0. The topological polar surface area (TPSA) is 94.8 Å². The summed E-state index contributed by atoms with van der Waals surface area (Å²) in [6.07, 6.45) is -0.203. The average molecular weight is 266 g/mol. The summed E-state index contributed by atoms with van der Waals surface area (Å²) in [5.41, 5.74) is 1.01. The van der Waals surface area contributed by atoms with Gasteiger partial charge >= 0.3 is 5.97 Å². The number of esters is 1. The minimum absolute atomic E-state index is 0.248. The Bertz CT molecular complexity index is 549. The summed E-state index contributed by atoms with van der Waals surface area (Å²) in [6, 6.07) is 1.44. The molecule has 0 bridgehead atoms. The molecule has 1 aromatic heterocycles. The molecule has 1 aliphatic rings. The third-order valence-corrected chi connectivity index (χ3v) is 2.63. The Morgan fingerprint density at radius 2 is 2.32 bits per heavy atom. The fourth-order valence-electron chi connectivity index (χ4n) is 1.67. The van der Waals surface area contributed by atoms with Crippen LogP contribution < -0.4 is 5.32 Å². The van der Waals surface area contributed by atoms with Crippen LogP contribution in [0.1, 0.15) is 23.8 Å². The van der Waals surface area contributed by atoms with Gasteiger partial charge in [0.25, 0.3) is 5.91 Å². The maximum Gasteiger partial charge on any atom is 0.356 e. The molecular formula is C11H14N4O4. The van der Waals surface area contributed by atoms with Gasteiger partial charge in [-0.25, -0.2) is 4.79 Å². The van der Waals surface area contributed by atoms with Crippen molar-refractivity contribution in [2.24, 2.45) is 12.2 Å². The van der Waals surface area contributed by atoms with Crippen LogP contribution in [0.2, 0.25) is 0 Å². The molecule has 0 aromatic carbocycles. The number of rotatable bonds is 3. The van der Waals surface area contributed by atoms with Gasteiger partial charge < -0.3 is 14.9 Å². The first-order chi connectivity index (χ1) is 9.01. The van der Waals surface area contributed by atoms with Crippen molar-refractivity contribution in [3.8, 4) is 0 Å². The van der Waals surface area contributed by atoms with Crippen LogP contribution in [0.25, 0.3) is 0 Å². The molecule has 0 aliphatic carbocycles. The molecule has 19 heavy (non-hydrogen) atoms. The molecule has 8 heteroatoms. The van der Waals surface area contributed by atoms with E-state index in [4.69, 9.17) is 4.84 Å². The standard InChI is InChI=1S/C11H14N4O4/c1-6-4-8(19-14-6)10(16)12-9-5-7(11(17)18-3)15(2)13-9/h5,8H,4H2,1-3H3,(H,12,13,16). The van der Waals surface area contributed by atoms with Gasteiger partial charge in [0.2, 0.25) is 6.10 Å². The predicted molar refractivity (Wildman–Crippen MR) is 65.8 cm³/mol. The van der Waals surface area contributed by atoms with Crippen LogP contribution >= 0.6 is 0 Å². The van der Waals surface area contributed by atoms with E-state index in [1.807, 2.05) is 0 Å². The van der Waals surface area contributed by atoms with Gasteiger partial charge in [-0.05, 0) is 6.92 Å². The average Bonchev–Trinajstić information content (AvgIpc) is 2.95. The van der Waals surface area contributed by atoms with Crippen LogP contribution in [0.4, 0.5) is 5.82 Å².